The number of rotatable bonds is 8. The number of hydroxylamine groups is 1. The van der Waals surface area contributed by atoms with E-state index in [1.54, 1.807) is 11.8 Å². The van der Waals surface area contributed by atoms with Gasteiger partial charge in [-0.25, -0.2) is 9.62 Å². The molecule has 142 valence electrons. The molecular weight excluding hydrogens is 371 g/mol. The highest BCUT2D eigenvalue weighted by atomic mass is 32.2. The van der Waals surface area contributed by atoms with E-state index in [0.29, 0.717) is 6.54 Å². The quantitative estimate of drug-likeness (QED) is 0.274. The molecule has 0 amide bonds. The highest BCUT2D eigenvalue weighted by Crippen LogP contribution is 2.31. The maximum atomic E-state index is 12.8. The first-order chi connectivity index (χ1) is 12.5. The summed E-state index contributed by atoms with van der Waals surface area (Å²) in [6, 6.07) is 4.39. The maximum Gasteiger partial charge on any atom is 0.416 e. The topological polar surface area (TPSA) is 95.6 Å². The van der Waals surface area contributed by atoms with Crippen LogP contribution in [0.3, 0.4) is 0 Å². The summed E-state index contributed by atoms with van der Waals surface area (Å²) >= 11 is 1.75. The largest absolute Gasteiger partial charge is 0.416 e. The summed E-state index contributed by atoms with van der Waals surface area (Å²) in [5.41, 5.74) is 1.03. The number of aromatic nitrogens is 2. The van der Waals surface area contributed by atoms with Gasteiger partial charge in [-0.3, -0.25) is 10.7 Å². The number of amidine groups is 1. The smallest absolute Gasteiger partial charge is 0.365 e. The molecule has 0 radical (unpaired) electrons. The van der Waals surface area contributed by atoms with Gasteiger partial charge in [-0.15, -0.1) is 0 Å². The predicted molar refractivity (Wildman–Crippen MR) is 93.0 cm³/mol. The second kappa shape index (κ2) is 9.43. The van der Waals surface area contributed by atoms with Crippen molar-refractivity contribution in [2.24, 2.45) is 4.99 Å². The Kier molecular flexibility index (Phi) is 7.27. The van der Waals surface area contributed by atoms with E-state index >= 15 is 0 Å². The second-order valence-electron chi connectivity index (χ2n) is 5.21. The first-order valence-corrected chi connectivity index (χ1v) is 9.07. The average Bonchev–Trinajstić information content (AvgIpc) is 3.07. The van der Waals surface area contributed by atoms with Crippen LogP contribution in [0.4, 0.5) is 24.7 Å². The average molecular weight is 389 g/mol. The van der Waals surface area contributed by atoms with Crippen molar-refractivity contribution in [3.05, 3.63) is 35.5 Å². The maximum absolute atomic E-state index is 12.8. The second-order valence-corrected chi connectivity index (χ2v) is 6.19. The standard InChI is InChI=1S/C15H18F3N5O2S/c1-26-8-3-2-7-19-13-12(22-25-23-13)14(21-24)20-11-6-4-5-10(9-11)15(16,17)18/h4-6,9,24H,2-3,7-8H2,1H3,(H,19,23)(H,20,21). The Morgan fingerprint density at radius 3 is 2.81 bits per heavy atom. The zero-order chi connectivity index (χ0) is 19.0. The third-order valence-electron chi connectivity index (χ3n) is 3.30. The van der Waals surface area contributed by atoms with E-state index in [9.17, 15) is 18.4 Å². The van der Waals surface area contributed by atoms with Gasteiger partial charge in [0.25, 0.3) is 0 Å². The zero-order valence-corrected chi connectivity index (χ0v) is 14.7. The molecule has 11 heteroatoms. The van der Waals surface area contributed by atoms with Crippen molar-refractivity contribution in [3.8, 4) is 0 Å². The van der Waals surface area contributed by atoms with Gasteiger partial charge in [0.15, 0.2) is 11.5 Å². The van der Waals surface area contributed by atoms with Crippen molar-refractivity contribution in [3.63, 3.8) is 0 Å². The minimum Gasteiger partial charge on any atom is -0.365 e. The Bertz CT molecular complexity index is 736. The summed E-state index contributed by atoms with van der Waals surface area (Å²) in [7, 11) is 0. The molecule has 1 aromatic carbocycles. The lowest BCUT2D eigenvalue weighted by molar-refractivity contribution is -0.137. The summed E-state index contributed by atoms with van der Waals surface area (Å²) in [6.07, 6.45) is -0.564. The minimum absolute atomic E-state index is 0.00899. The zero-order valence-electron chi connectivity index (χ0n) is 13.9. The molecule has 26 heavy (non-hydrogen) atoms. The number of anilines is 1. The van der Waals surface area contributed by atoms with Gasteiger partial charge < -0.3 is 5.32 Å². The van der Waals surface area contributed by atoms with Gasteiger partial charge in [0.05, 0.1) is 11.3 Å². The molecule has 2 aromatic rings. The Labute approximate surface area is 152 Å². The molecule has 2 rings (SSSR count). The van der Waals surface area contributed by atoms with Crippen molar-refractivity contribution >= 4 is 29.1 Å². The molecule has 1 heterocycles. The van der Waals surface area contributed by atoms with Gasteiger partial charge in [0.2, 0.25) is 5.82 Å². The van der Waals surface area contributed by atoms with Gasteiger partial charge in [-0.1, -0.05) is 6.07 Å². The Hall–Kier alpha value is -2.27. The summed E-state index contributed by atoms with van der Waals surface area (Å²) in [4.78, 5) is 3.96. The highest BCUT2D eigenvalue weighted by Gasteiger charge is 2.30. The first kappa shape index (κ1) is 20.0. The van der Waals surface area contributed by atoms with Crippen LogP contribution in [0.25, 0.3) is 0 Å². The Morgan fingerprint density at radius 1 is 1.31 bits per heavy atom. The fraction of sp³-hybridized carbons (Fsp3) is 0.400. The number of unbranched alkanes of at least 4 members (excludes halogenated alkanes) is 1. The van der Waals surface area contributed by atoms with E-state index in [0.717, 1.165) is 30.7 Å². The fourth-order valence-corrected chi connectivity index (χ4v) is 2.54. The number of hydrogen-bond acceptors (Lipinski definition) is 7. The van der Waals surface area contributed by atoms with Gasteiger partial charge in [0, 0.05) is 6.54 Å². The lowest BCUT2D eigenvalue weighted by Gasteiger charge is -2.08. The van der Waals surface area contributed by atoms with Crippen LogP contribution in [0.2, 0.25) is 0 Å². The molecule has 0 aliphatic heterocycles. The molecule has 0 spiro atoms. The number of benzene rings is 1. The molecule has 0 atom stereocenters. The van der Waals surface area contributed by atoms with Crippen molar-refractivity contribution < 1.29 is 23.0 Å². The van der Waals surface area contributed by atoms with E-state index < -0.39 is 11.7 Å². The van der Waals surface area contributed by atoms with Gasteiger partial charge in [0.1, 0.15) is 0 Å². The number of nitrogens with one attached hydrogen (secondary N) is 2. The van der Waals surface area contributed by atoms with Crippen molar-refractivity contribution in [2.45, 2.75) is 19.0 Å². The fourth-order valence-electron chi connectivity index (χ4n) is 2.05. The lowest BCUT2D eigenvalue weighted by atomic mass is 10.2. The van der Waals surface area contributed by atoms with Crippen LogP contribution >= 0.6 is 11.8 Å². The molecule has 0 aliphatic rings. The van der Waals surface area contributed by atoms with Crippen LogP contribution in [0.15, 0.2) is 33.9 Å². The van der Waals surface area contributed by atoms with E-state index in [-0.39, 0.29) is 23.0 Å². The SMILES string of the molecule is CSCCCCNc1nonc1C(=Nc1cccc(C(F)(F)F)c1)NO. The normalized spacial score (nSPS) is 12.3. The summed E-state index contributed by atoms with van der Waals surface area (Å²) < 4.78 is 43.0. The summed E-state index contributed by atoms with van der Waals surface area (Å²) in [6.45, 7) is 0.601. The van der Waals surface area contributed by atoms with Gasteiger partial charge in [-0.05, 0) is 53.4 Å². The number of hydrogen-bond donors (Lipinski definition) is 3. The van der Waals surface area contributed by atoms with Crippen molar-refractivity contribution in [1.82, 2.24) is 15.8 Å². The lowest BCUT2D eigenvalue weighted by Crippen LogP contribution is -2.22. The number of alkyl halides is 3. The van der Waals surface area contributed by atoms with E-state index in [1.807, 2.05) is 11.7 Å². The van der Waals surface area contributed by atoms with Gasteiger partial charge >= 0.3 is 6.18 Å². The van der Waals surface area contributed by atoms with Crippen LogP contribution in [-0.2, 0) is 6.18 Å². The van der Waals surface area contributed by atoms with Crippen molar-refractivity contribution in [2.75, 3.05) is 23.9 Å². The molecule has 0 fully saturated rings. The van der Waals surface area contributed by atoms with Gasteiger partial charge in [-0.2, -0.15) is 24.9 Å². The third-order valence-corrected chi connectivity index (χ3v) is 4.00. The molecule has 0 saturated carbocycles. The number of nitrogens with zero attached hydrogens (tertiary/aromatic N) is 3. The minimum atomic E-state index is -4.49. The molecule has 7 nitrogen and oxygen atoms in total. The van der Waals surface area contributed by atoms with E-state index in [4.69, 9.17) is 0 Å². The first-order valence-electron chi connectivity index (χ1n) is 7.67. The third kappa shape index (κ3) is 5.63. The summed E-state index contributed by atoms with van der Waals surface area (Å²) in [5.74, 6) is 1.09. The van der Waals surface area contributed by atoms with Crippen LogP contribution in [-0.4, -0.2) is 39.9 Å². The monoisotopic (exact) mass is 389 g/mol. The Balaban J connectivity index is 2.16. The van der Waals surface area contributed by atoms with Crippen LogP contribution in [0.5, 0.6) is 0 Å². The molecule has 3 N–H and O–H groups in total. The Morgan fingerprint density at radius 2 is 2.12 bits per heavy atom. The van der Waals surface area contributed by atoms with Crippen molar-refractivity contribution in [1.29, 1.82) is 0 Å². The van der Waals surface area contributed by atoms with Crippen LogP contribution in [0.1, 0.15) is 24.1 Å². The summed E-state index contributed by atoms with van der Waals surface area (Å²) in [5, 5.41) is 19.6. The van der Waals surface area contributed by atoms with E-state index in [1.165, 1.54) is 12.1 Å². The highest BCUT2D eigenvalue weighted by molar-refractivity contribution is 7.98. The molecule has 1 aromatic heterocycles. The molecule has 0 aliphatic carbocycles. The number of thioether (sulfide) groups is 1. The van der Waals surface area contributed by atoms with E-state index in [2.05, 4.69) is 25.3 Å². The molecule has 0 bridgehead atoms. The number of aliphatic imine (C=N–C) groups is 1. The molecular formula is C15H18F3N5O2S. The van der Waals surface area contributed by atoms with Crippen LogP contribution < -0.4 is 10.8 Å². The number of halogens is 3. The van der Waals surface area contributed by atoms with Crippen LogP contribution in [0, 0.1) is 0 Å². The molecule has 0 unspecified atom stereocenters. The predicted octanol–water partition coefficient (Wildman–Crippen LogP) is 3.70. The molecule has 0 saturated heterocycles.